The average molecular weight is 427 g/mol. The minimum atomic E-state index is 0.0587. The first-order chi connectivity index (χ1) is 12.7. The van der Waals surface area contributed by atoms with E-state index in [1.165, 1.54) is 11.8 Å². The predicted molar refractivity (Wildman–Crippen MR) is 108 cm³/mol. The van der Waals surface area contributed by atoms with Crippen molar-refractivity contribution < 1.29 is 9.21 Å². The molecule has 0 amide bonds. The fraction of sp³-hybridized carbons (Fsp3) is 0.150. The van der Waals surface area contributed by atoms with Crippen LogP contribution < -0.4 is 0 Å². The molecule has 130 valence electrons. The molecule has 6 heteroatoms. The van der Waals surface area contributed by atoms with Crippen molar-refractivity contribution >= 4 is 55.5 Å². The molecule has 0 atom stereocenters. The highest BCUT2D eigenvalue weighted by Crippen LogP contribution is 2.33. The van der Waals surface area contributed by atoms with Crippen LogP contribution in [0.2, 0.25) is 0 Å². The number of benzene rings is 2. The molecular weight excluding hydrogens is 412 g/mol. The minimum Gasteiger partial charge on any atom is -0.451 e. The number of aryl methyl sites for hydroxylation is 1. The summed E-state index contributed by atoms with van der Waals surface area (Å²) in [4.78, 5) is 21.7. The summed E-state index contributed by atoms with van der Waals surface area (Å²) in [6, 6.07) is 15.2. The molecule has 2 heterocycles. The molecule has 0 aliphatic heterocycles. The summed E-state index contributed by atoms with van der Waals surface area (Å²) in [5.74, 6) is 1.11. The molecule has 0 bridgehead atoms. The second-order valence-electron chi connectivity index (χ2n) is 5.79. The summed E-state index contributed by atoms with van der Waals surface area (Å²) in [6.45, 7) is 2.02. The minimum absolute atomic E-state index is 0.0587. The van der Waals surface area contributed by atoms with Gasteiger partial charge in [0.05, 0.1) is 5.75 Å². The molecule has 0 spiro atoms. The van der Waals surface area contributed by atoms with E-state index in [1.807, 2.05) is 55.5 Å². The molecule has 0 aliphatic rings. The Bertz CT molecular complexity index is 1110. The number of thioether (sulfide) groups is 1. The van der Waals surface area contributed by atoms with Crippen molar-refractivity contribution in [2.75, 3.05) is 5.75 Å². The van der Waals surface area contributed by atoms with Crippen molar-refractivity contribution in [3.05, 3.63) is 64.4 Å². The molecule has 0 radical (unpaired) electrons. The number of fused-ring (bicyclic) bond motifs is 3. The summed E-state index contributed by atoms with van der Waals surface area (Å²) in [6.07, 6.45) is 0.726. The van der Waals surface area contributed by atoms with Gasteiger partial charge in [0.25, 0.3) is 0 Å². The van der Waals surface area contributed by atoms with Crippen LogP contribution in [0.4, 0.5) is 0 Å². The zero-order valence-electron chi connectivity index (χ0n) is 14.0. The van der Waals surface area contributed by atoms with Crippen molar-refractivity contribution in [3.8, 4) is 0 Å². The Morgan fingerprint density at radius 2 is 1.88 bits per heavy atom. The van der Waals surface area contributed by atoms with Crippen LogP contribution in [0.1, 0.15) is 23.1 Å². The second kappa shape index (κ2) is 7.21. The van der Waals surface area contributed by atoms with Gasteiger partial charge in [0.2, 0.25) is 0 Å². The molecule has 4 nitrogen and oxygen atoms in total. The SMILES string of the molecule is CCc1nc(SCC(=O)c2ccc(Br)cc2)c2oc3ccccc3c2n1. The zero-order chi connectivity index (χ0) is 18.1. The highest BCUT2D eigenvalue weighted by Gasteiger charge is 2.17. The smallest absolute Gasteiger partial charge is 0.186 e. The van der Waals surface area contributed by atoms with E-state index in [-0.39, 0.29) is 5.78 Å². The Labute approximate surface area is 163 Å². The Balaban J connectivity index is 1.69. The second-order valence-corrected chi connectivity index (χ2v) is 7.67. The van der Waals surface area contributed by atoms with Gasteiger partial charge in [-0.25, -0.2) is 9.97 Å². The van der Waals surface area contributed by atoms with Crippen LogP contribution in [-0.4, -0.2) is 21.5 Å². The van der Waals surface area contributed by atoms with Crippen LogP contribution in [-0.2, 0) is 6.42 Å². The molecule has 0 unspecified atom stereocenters. The lowest BCUT2D eigenvalue weighted by atomic mass is 10.2. The number of hydrogen-bond acceptors (Lipinski definition) is 5. The number of carbonyl (C=O) groups excluding carboxylic acids is 1. The third-order valence-corrected chi connectivity index (χ3v) is 5.54. The van der Waals surface area contributed by atoms with Crippen molar-refractivity contribution in [1.29, 1.82) is 0 Å². The molecule has 2 aromatic heterocycles. The quantitative estimate of drug-likeness (QED) is 0.233. The number of rotatable bonds is 5. The number of furan rings is 1. The number of para-hydroxylation sites is 1. The van der Waals surface area contributed by atoms with E-state index in [9.17, 15) is 4.79 Å². The zero-order valence-corrected chi connectivity index (χ0v) is 16.4. The van der Waals surface area contributed by atoms with Crippen LogP contribution in [0.25, 0.3) is 22.1 Å². The number of Topliss-reactive ketones (excluding diaryl/α,β-unsaturated/α-hetero) is 1. The molecule has 26 heavy (non-hydrogen) atoms. The lowest BCUT2D eigenvalue weighted by molar-refractivity contribution is 0.102. The van der Waals surface area contributed by atoms with Gasteiger partial charge < -0.3 is 4.42 Å². The van der Waals surface area contributed by atoms with Gasteiger partial charge in [-0.15, -0.1) is 0 Å². The van der Waals surface area contributed by atoms with Gasteiger partial charge in [-0.1, -0.05) is 58.9 Å². The van der Waals surface area contributed by atoms with Gasteiger partial charge >= 0.3 is 0 Å². The molecule has 0 aliphatic carbocycles. The van der Waals surface area contributed by atoms with E-state index < -0.39 is 0 Å². The van der Waals surface area contributed by atoms with Gasteiger partial charge in [0.1, 0.15) is 22.0 Å². The summed E-state index contributed by atoms with van der Waals surface area (Å²) in [7, 11) is 0. The van der Waals surface area contributed by atoms with E-state index in [1.54, 1.807) is 0 Å². The number of ketones is 1. The summed E-state index contributed by atoms with van der Waals surface area (Å²) in [5.41, 5.74) is 2.93. The molecule has 0 saturated heterocycles. The fourth-order valence-electron chi connectivity index (χ4n) is 2.72. The normalized spacial score (nSPS) is 11.3. The van der Waals surface area contributed by atoms with E-state index in [0.29, 0.717) is 21.9 Å². The van der Waals surface area contributed by atoms with Crippen molar-refractivity contribution in [3.63, 3.8) is 0 Å². The number of halogens is 1. The van der Waals surface area contributed by atoms with Crippen LogP contribution in [0.15, 0.2) is 62.4 Å². The van der Waals surface area contributed by atoms with E-state index in [4.69, 9.17) is 4.42 Å². The maximum atomic E-state index is 12.5. The number of carbonyl (C=O) groups is 1. The number of hydrogen-bond donors (Lipinski definition) is 0. The predicted octanol–water partition coefficient (Wildman–Crippen LogP) is 5.68. The Hall–Kier alpha value is -2.18. The average Bonchev–Trinajstić information content (AvgIpc) is 3.05. The Kier molecular flexibility index (Phi) is 4.78. The van der Waals surface area contributed by atoms with Crippen LogP contribution in [0.5, 0.6) is 0 Å². The van der Waals surface area contributed by atoms with E-state index in [0.717, 1.165) is 33.2 Å². The third-order valence-electron chi connectivity index (χ3n) is 4.06. The first-order valence-electron chi connectivity index (χ1n) is 8.25. The van der Waals surface area contributed by atoms with Gasteiger partial charge in [-0.2, -0.15) is 0 Å². The van der Waals surface area contributed by atoms with Crippen molar-refractivity contribution in [2.45, 2.75) is 18.4 Å². The Morgan fingerprint density at radius 1 is 1.12 bits per heavy atom. The van der Waals surface area contributed by atoms with Crippen LogP contribution in [0, 0.1) is 0 Å². The van der Waals surface area contributed by atoms with Crippen molar-refractivity contribution in [2.24, 2.45) is 0 Å². The van der Waals surface area contributed by atoms with Crippen LogP contribution in [0.3, 0.4) is 0 Å². The van der Waals surface area contributed by atoms with Gasteiger partial charge in [-0.05, 0) is 24.3 Å². The molecule has 0 N–H and O–H groups in total. The molecule has 0 saturated carbocycles. The molecule has 0 fully saturated rings. The Morgan fingerprint density at radius 3 is 2.65 bits per heavy atom. The third kappa shape index (κ3) is 3.27. The van der Waals surface area contributed by atoms with Gasteiger partial charge in [0, 0.05) is 21.8 Å². The standard InChI is InChI=1S/C20H15BrN2O2S/c1-2-17-22-18-14-5-3-4-6-16(14)25-19(18)20(23-17)26-11-15(24)12-7-9-13(21)10-8-12/h3-10H,2,11H2,1H3. The molecular formula is C20H15BrN2O2S. The highest BCUT2D eigenvalue weighted by molar-refractivity contribution is 9.10. The molecule has 4 aromatic rings. The summed E-state index contributed by atoms with van der Waals surface area (Å²) >= 11 is 4.78. The summed E-state index contributed by atoms with van der Waals surface area (Å²) in [5, 5.41) is 1.69. The maximum absolute atomic E-state index is 12.5. The van der Waals surface area contributed by atoms with Gasteiger partial charge in [-0.3, -0.25) is 4.79 Å². The summed E-state index contributed by atoms with van der Waals surface area (Å²) < 4.78 is 6.93. The van der Waals surface area contributed by atoms with E-state index in [2.05, 4.69) is 25.9 Å². The fourth-order valence-corrected chi connectivity index (χ4v) is 3.86. The number of aromatic nitrogens is 2. The maximum Gasteiger partial charge on any atom is 0.186 e. The lowest BCUT2D eigenvalue weighted by Crippen LogP contribution is -2.03. The van der Waals surface area contributed by atoms with Gasteiger partial charge in [0.15, 0.2) is 11.4 Å². The number of nitrogens with zero attached hydrogens (tertiary/aromatic N) is 2. The first-order valence-corrected chi connectivity index (χ1v) is 10.0. The lowest BCUT2D eigenvalue weighted by Gasteiger charge is -2.04. The van der Waals surface area contributed by atoms with Crippen molar-refractivity contribution in [1.82, 2.24) is 9.97 Å². The van der Waals surface area contributed by atoms with E-state index >= 15 is 0 Å². The molecule has 4 rings (SSSR count). The molecule has 2 aromatic carbocycles. The first kappa shape index (κ1) is 17.2. The topological polar surface area (TPSA) is 56.0 Å². The largest absolute Gasteiger partial charge is 0.451 e. The van der Waals surface area contributed by atoms with Crippen LogP contribution >= 0.6 is 27.7 Å². The monoisotopic (exact) mass is 426 g/mol. The highest BCUT2D eigenvalue weighted by atomic mass is 79.9.